The lowest BCUT2D eigenvalue weighted by molar-refractivity contribution is -0.117. The largest absolute Gasteiger partial charge is 0.300 e. The van der Waals surface area contributed by atoms with Crippen molar-refractivity contribution in [2.45, 2.75) is 24.8 Å². The molecule has 5 nitrogen and oxygen atoms in total. The molecule has 2 heterocycles. The van der Waals surface area contributed by atoms with Crippen LogP contribution in [0.25, 0.3) is 11.0 Å². The van der Waals surface area contributed by atoms with Crippen molar-refractivity contribution in [3.63, 3.8) is 0 Å². The standard InChI is InChI=1S/C11H14N4OS/c1-8(16)4-3-5-17-11-9-6-14-15(2)10(9)12-7-13-11/h6-7H,3-5H2,1-2H3. The first kappa shape index (κ1) is 12.0. The summed E-state index contributed by atoms with van der Waals surface area (Å²) in [6, 6.07) is 0. The average molecular weight is 250 g/mol. The number of ketones is 1. The van der Waals surface area contributed by atoms with Crippen molar-refractivity contribution in [3.05, 3.63) is 12.5 Å². The summed E-state index contributed by atoms with van der Waals surface area (Å²) in [5, 5.41) is 6.07. The second kappa shape index (κ2) is 5.27. The fraction of sp³-hybridized carbons (Fsp3) is 0.455. The van der Waals surface area contributed by atoms with E-state index in [1.165, 1.54) is 0 Å². The van der Waals surface area contributed by atoms with Crippen molar-refractivity contribution in [1.82, 2.24) is 19.7 Å². The summed E-state index contributed by atoms with van der Waals surface area (Å²) in [5.74, 6) is 1.13. The smallest absolute Gasteiger partial charge is 0.162 e. The molecule has 2 rings (SSSR count). The third-order valence-electron chi connectivity index (χ3n) is 2.40. The van der Waals surface area contributed by atoms with Crippen LogP contribution in [-0.4, -0.2) is 31.3 Å². The van der Waals surface area contributed by atoms with E-state index in [9.17, 15) is 4.79 Å². The summed E-state index contributed by atoms with van der Waals surface area (Å²) in [7, 11) is 1.86. The fourth-order valence-corrected chi connectivity index (χ4v) is 2.45. The van der Waals surface area contributed by atoms with Crippen molar-refractivity contribution in [2.75, 3.05) is 5.75 Å². The first-order valence-electron chi connectivity index (χ1n) is 5.43. The van der Waals surface area contributed by atoms with Crippen molar-refractivity contribution in [2.24, 2.45) is 7.05 Å². The molecule has 0 saturated heterocycles. The lowest BCUT2D eigenvalue weighted by atomic mass is 10.3. The Morgan fingerprint density at radius 1 is 1.47 bits per heavy atom. The summed E-state index contributed by atoms with van der Waals surface area (Å²) in [5.41, 5.74) is 0.842. The van der Waals surface area contributed by atoms with Crippen LogP contribution in [0, 0.1) is 0 Å². The number of carbonyl (C=O) groups excluding carboxylic acids is 1. The van der Waals surface area contributed by atoms with Crippen LogP contribution in [0.5, 0.6) is 0 Å². The van der Waals surface area contributed by atoms with Crippen LogP contribution in [0.15, 0.2) is 17.6 Å². The highest BCUT2D eigenvalue weighted by Gasteiger charge is 2.07. The third kappa shape index (κ3) is 2.82. The molecule has 0 radical (unpaired) electrons. The molecule has 0 N–H and O–H groups in total. The van der Waals surface area contributed by atoms with E-state index < -0.39 is 0 Å². The molecule has 0 amide bonds. The summed E-state index contributed by atoms with van der Waals surface area (Å²) in [4.78, 5) is 19.3. The zero-order valence-electron chi connectivity index (χ0n) is 9.88. The molecule has 0 aromatic carbocycles. The molecule has 6 heteroatoms. The highest BCUT2D eigenvalue weighted by atomic mass is 32.2. The van der Waals surface area contributed by atoms with Gasteiger partial charge in [-0.1, -0.05) is 0 Å². The topological polar surface area (TPSA) is 60.7 Å². The first-order valence-corrected chi connectivity index (χ1v) is 6.42. The molecule has 0 fully saturated rings. The summed E-state index contributed by atoms with van der Waals surface area (Å²) >= 11 is 1.65. The molecule has 0 aliphatic rings. The summed E-state index contributed by atoms with van der Waals surface area (Å²) in [6.07, 6.45) is 4.85. The van der Waals surface area contributed by atoms with E-state index in [4.69, 9.17) is 0 Å². The van der Waals surface area contributed by atoms with E-state index in [-0.39, 0.29) is 5.78 Å². The second-order valence-corrected chi connectivity index (χ2v) is 4.92. The average Bonchev–Trinajstić information content (AvgIpc) is 2.67. The van der Waals surface area contributed by atoms with Crippen LogP contribution in [0.4, 0.5) is 0 Å². The summed E-state index contributed by atoms with van der Waals surface area (Å²) in [6.45, 7) is 1.62. The third-order valence-corrected chi connectivity index (χ3v) is 3.50. The Morgan fingerprint density at radius 2 is 2.29 bits per heavy atom. The van der Waals surface area contributed by atoms with Crippen molar-refractivity contribution < 1.29 is 4.79 Å². The fourth-order valence-electron chi connectivity index (χ4n) is 1.55. The number of Topliss-reactive ketones (excluding diaryl/α,β-unsaturated/α-hetero) is 1. The van der Waals surface area contributed by atoms with Crippen LogP contribution < -0.4 is 0 Å². The molecule has 17 heavy (non-hydrogen) atoms. The molecule has 0 bridgehead atoms. The SMILES string of the molecule is CC(=O)CCCSc1ncnc2c1cnn2C. The Morgan fingerprint density at radius 3 is 3.06 bits per heavy atom. The number of hydrogen-bond acceptors (Lipinski definition) is 5. The van der Waals surface area contributed by atoms with Gasteiger partial charge in [-0.15, -0.1) is 11.8 Å². The van der Waals surface area contributed by atoms with Gasteiger partial charge in [0, 0.05) is 13.5 Å². The van der Waals surface area contributed by atoms with Crippen LogP contribution in [0.3, 0.4) is 0 Å². The number of thioether (sulfide) groups is 1. The molecule has 0 saturated carbocycles. The Kier molecular flexibility index (Phi) is 3.73. The minimum atomic E-state index is 0.236. The molecule has 0 atom stereocenters. The van der Waals surface area contributed by atoms with Gasteiger partial charge in [-0.05, 0) is 19.1 Å². The van der Waals surface area contributed by atoms with E-state index in [0.29, 0.717) is 6.42 Å². The highest BCUT2D eigenvalue weighted by molar-refractivity contribution is 7.99. The van der Waals surface area contributed by atoms with E-state index in [0.717, 1.165) is 28.2 Å². The molecule has 90 valence electrons. The van der Waals surface area contributed by atoms with Gasteiger partial charge < -0.3 is 4.79 Å². The van der Waals surface area contributed by atoms with Gasteiger partial charge in [-0.25, -0.2) is 9.97 Å². The zero-order chi connectivity index (χ0) is 12.3. The predicted molar refractivity (Wildman–Crippen MR) is 66.9 cm³/mol. The van der Waals surface area contributed by atoms with Gasteiger partial charge in [0.15, 0.2) is 5.65 Å². The molecule has 0 unspecified atom stereocenters. The number of nitrogens with zero attached hydrogens (tertiary/aromatic N) is 4. The number of fused-ring (bicyclic) bond motifs is 1. The van der Waals surface area contributed by atoms with Gasteiger partial charge in [0.25, 0.3) is 0 Å². The lowest BCUT2D eigenvalue weighted by Crippen LogP contribution is -1.94. The van der Waals surface area contributed by atoms with Gasteiger partial charge in [-0.3, -0.25) is 4.68 Å². The van der Waals surface area contributed by atoms with Gasteiger partial charge in [0.1, 0.15) is 17.1 Å². The second-order valence-electron chi connectivity index (χ2n) is 3.84. The molecule has 0 aliphatic heterocycles. The zero-order valence-corrected chi connectivity index (χ0v) is 10.7. The molecule has 2 aromatic heterocycles. The first-order chi connectivity index (χ1) is 8.18. The van der Waals surface area contributed by atoms with Crippen molar-refractivity contribution in [3.8, 4) is 0 Å². The Labute approximate surface area is 104 Å². The van der Waals surface area contributed by atoms with Gasteiger partial charge in [0.2, 0.25) is 0 Å². The molecular formula is C11H14N4OS. The number of hydrogen-bond donors (Lipinski definition) is 0. The number of aromatic nitrogens is 4. The van der Waals surface area contributed by atoms with E-state index in [1.54, 1.807) is 35.9 Å². The lowest BCUT2D eigenvalue weighted by Gasteiger charge is -2.01. The van der Waals surface area contributed by atoms with Crippen molar-refractivity contribution in [1.29, 1.82) is 0 Å². The molecular weight excluding hydrogens is 236 g/mol. The molecule has 0 aliphatic carbocycles. The number of rotatable bonds is 5. The van der Waals surface area contributed by atoms with Crippen LogP contribution in [-0.2, 0) is 11.8 Å². The Bertz CT molecular complexity index is 537. The monoisotopic (exact) mass is 250 g/mol. The minimum Gasteiger partial charge on any atom is -0.300 e. The van der Waals surface area contributed by atoms with Crippen LogP contribution in [0.1, 0.15) is 19.8 Å². The minimum absolute atomic E-state index is 0.236. The van der Waals surface area contributed by atoms with Crippen LogP contribution >= 0.6 is 11.8 Å². The maximum Gasteiger partial charge on any atom is 0.162 e. The highest BCUT2D eigenvalue weighted by Crippen LogP contribution is 2.24. The van der Waals surface area contributed by atoms with Gasteiger partial charge >= 0.3 is 0 Å². The number of carbonyl (C=O) groups is 1. The molecule has 2 aromatic rings. The van der Waals surface area contributed by atoms with Gasteiger partial charge in [-0.2, -0.15) is 5.10 Å². The Balaban J connectivity index is 2.06. The quantitative estimate of drug-likeness (QED) is 0.460. The van der Waals surface area contributed by atoms with Gasteiger partial charge in [0.05, 0.1) is 11.6 Å². The predicted octanol–water partition coefficient (Wildman–Crippen LogP) is 1.82. The maximum absolute atomic E-state index is 10.8. The van der Waals surface area contributed by atoms with E-state index >= 15 is 0 Å². The Hall–Kier alpha value is -1.43. The van der Waals surface area contributed by atoms with Crippen LogP contribution in [0.2, 0.25) is 0 Å². The maximum atomic E-state index is 10.8. The van der Waals surface area contributed by atoms with Crippen molar-refractivity contribution >= 4 is 28.6 Å². The van der Waals surface area contributed by atoms with E-state index in [1.807, 2.05) is 7.05 Å². The van der Waals surface area contributed by atoms with E-state index in [2.05, 4.69) is 15.1 Å². The normalized spacial score (nSPS) is 10.9. The summed E-state index contributed by atoms with van der Waals surface area (Å²) < 4.78 is 1.73. The molecule has 0 spiro atoms. The number of aryl methyl sites for hydroxylation is 1.